The highest BCUT2D eigenvalue weighted by Crippen LogP contribution is 2.57. The number of aromatic nitrogens is 1. The summed E-state index contributed by atoms with van der Waals surface area (Å²) in [5, 5.41) is 6.44. The lowest BCUT2D eigenvalue weighted by molar-refractivity contribution is -0.120. The van der Waals surface area contributed by atoms with Crippen molar-refractivity contribution in [2.75, 3.05) is 5.32 Å². The van der Waals surface area contributed by atoms with Gasteiger partial charge in [-0.1, -0.05) is 43.1 Å². The van der Waals surface area contributed by atoms with Crippen LogP contribution in [0.15, 0.2) is 30.5 Å². The molecule has 0 radical (unpaired) electrons. The highest BCUT2D eigenvalue weighted by Gasteiger charge is 2.58. The Hall–Kier alpha value is -2.22. The largest absolute Gasteiger partial charge is 0.368 e. The van der Waals surface area contributed by atoms with E-state index >= 15 is 4.39 Å². The number of rotatable bonds is 5. The molecule has 2 fully saturated rings. The summed E-state index contributed by atoms with van der Waals surface area (Å²) in [6.07, 6.45) is 5.36. The number of halogens is 3. The number of anilines is 1. The molecular weight excluding hydrogens is 466 g/mol. The van der Waals surface area contributed by atoms with E-state index in [1.807, 2.05) is 6.07 Å². The number of hydrogen-bond acceptors (Lipinski definition) is 4. The number of carbonyl (C=O) groups is 2. The van der Waals surface area contributed by atoms with Crippen molar-refractivity contribution in [2.24, 2.45) is 11.1 Å². The minimum atomic E-state index is -0.830. The SMILES string of the molecule is CC1(C)CCC2(CC1)NC(C(N)=O)[C@H](c1ccnc(Cl)c1F)C2c1ccc(Cl)cc1NC=O. The number of amides is 2. The standard InChI is InChI=1S/C24H27Cl2FN4O2/c1-23(2)6-8-24(9-7-23)18(14-4-3-13(25)11-16(14)30-12-32)17(20(31-24)22(28)33)15-5-10-29-21(26)19(15)27/h3-5,10-12,17-18,20,31H,6-9H2,1-2H3,(H2,28,33)(H,30,32)/t17-,18?,20?/m1/s1. The van der Waals surface area contributed by atoms with Crippen LogP contribution in [0.5, 0.6) is 0 Å². The van der Waals surface area contributed by atoms with Crippen LogP contribution in [0.3, 0.4) is 0 Å². The van der Waals surface area contributed by atoms with Gasteiger partial charge in [0.05, 0.1) is 6.04 Å². The summed E-state index contributed by atoms with van der Waals surface area (Å²) < 4.78 is 15.3. The summed E-state index contributed by atoms with van der Waals surface area (Å²) in [7, 11) is 0. The molecule has 4 N–H and O–H groups in total. The summed E-state index contributed by atoms with van der Waals surface area (Å²) in [5.74, 6) is -2.27. The smallest absolute Gasteiger partial charge is 0.235 e. The third-order valence-electron chi connectivity index (χ3n) is 7.36. The molecule has 1 aliphatic carbocycles. The molecule has 6 nitrogen and oxygen atoms in total. The van der Waals surface area contributed by atoms with Crippen LogP contribution in [0.1, 0.15) is 62.5 Å². The minimum Gasteiger partial charge on any atom is -0.368 e. The molecule has 1 saturated carbocycles. The van der Waals surface area contributed by atoms with Gasteiger partial charge in [-0.25, -0.2) is 9.37 Å². The molecule has 2 amide bonds. The third kappa shape index (κ3) is 4.34. The average Bonchev–Trinajstić information content (AvgIpc) is 3.08. The molecule has 33 heavy (non-hydrogen) atoms. The normalized spacial score (nSPS) is 25.7. The quantitative estimate of drug-likeness (QED) is 0.413. The fourth-order valence-electron chi connectivity index (χ4n) is 5.63. The Kier molecular flexibility index (Phi) is 6.42. The summed E-state index contributed by atoms with van der Waals surface area (Å²) >= 11 is 12.3. The summed E-state index contributed by atoms with van der Waals surface area (Å²) in [6.45, 7) is 4.44. The van der Waals surface area contributed by atoms with Gasteiger partial charge in [0.25, 0.3) is 0 Å². The van der Waals surface area contributed by atoms with Gasteiger partial charge in [-0.05, 0) is 60.4 Å². The molecule has 2 aliphatic rings. The molecule has 4 rings (SSSR count). The Morgan fingerprint density at radius 1 is 1.21 bits per heavy atom. The Morgan fingerprint density at radius 2 is 1.91 bits per heavy atom. The summed E-state index contributed by atoms with van der Waals surface area (Å²) in [6, 6.07) is 5.95. The first-order valence-electron chi connectivity index (χ1n) is 11.0. The third-order valence-corrected chi connectivity index (χ3v) is 7.86. The maximum Gasteiger partial charge on any atom is 0.235 e. The van der Waals surface area contributed by atoms with Gasteiger partial charge in [-0.3, -0.25) is 14.9 Å². The van der Waals surface area contributed by atoms with Gasteiger partial charge in [0.1, 0.15) is 0 Å². The van der Waals surface area contributed by atoms with Gasteiger partial charge in [-0.15, -0.1) is 0 Å². The molecular formula is C24H27Cl2FN4O2. The van der Waals surface area contributed by atoms with Crippen LogP contribution < -0.4 is 16.4 Å². The summed E-state index contributed by atoms with van der Waals surface area (Å²) in [5.41, 5.74) is 7.02. The zero-order valence-electron chi connectivity index (χ0n) is 18.5. The predicted octanol–water partition coefficient (Wildman–Crippen LogP) is 4.76. The maximum atomic E-state index is 15.3. The van der Waals surface area contributed by atoms with Crippen LogP contribution in [-0.4, -0.2) is 28.9 Å². The first kappa shape index (κ1) is 23.9. The van der Waals surface area contributed by atoms with E-state index in [4.69, 9.17) is 28.9 Å². The fourth-order valence-corrected chi connectivity index (χ4v) is 5.97. The number of primary amides is 1. The number of nitrogens with two attached hydrogens (primary N) is 1. The van der Waals surface area contributed by atoms with Crippen molar-refractivity contribution in [3.63, 3.8) is 0 Å². The van der Waals surface area contributed by atoms with E-state index in [1.54, 1.807) is 18.2 Å². The van der Waals surface area contributed by atoms with Crippen molar-refractivity contribution in [3.05, 3.63) is 57.6 Å². The van der Waals surface area contributed by atoms with Gasteiger partial charge in [0, 0.05) is 34.3 Å². The van der Waals surface area contributed by atoms with E-state index < -0.39 is 29.2 Å². The predicted molar refractivity (Wildman–Crippen MR) is 127 cm³/mol. The van der Waals surface area contributed by atoms with E-state index in [-0.39, 0.29) is 22.0 Å². The van der Waals surface area contributed by atoms with Crippen LogP contribution in [0.2, 0.25) is 10.2 Å². The van der Waals surface area contributed by atoms with Crippen molar-refractivity contribution in [3.8, 4) is 0 Å². The van der Waals surface area contributed by atoms with E-state index in [1.165, 1.54) is 6.20 Å². The van der Waals surface area contributed by atoms with Gasteiger partial charge in [0.2, 0.25) is 12.3 Å². The second-order valence-corrected chi connectivity index (χ2v) is 10.6. The molecule has 1 aromatic carbocycles. The minimum absolute atomic E-state index is 0.146. The Labute approximate surface area is 202 Å². The summed E-state index contributed by atoms with van der Waals surface area (Å²) in [4.78, 5) is 27.9. The molecule has 0 bridgehead atoms. The van der Waals surface area contributed by atoms with Crippen molar-refractivity contribution >= 4 is 41.2 Å². The Morgan fingerprint density at radius 3 is 2.55 bits per heavy atom. The van der Waals surface area contributed by atoms with Crippen molar-refractivity contribution in [2.45, 2.75) is 62.9 Å². The first-order chi connectivity index (χ1) is 15.6. The van der Waals surface area contributed by atoms with Gasteiger partial charge < -0.3 is 11.1 Å². The van der Waals surface area contributed by atoms with Crippen molar-refractivity contribution in [1.29, 1.82) is 0 Å². The molecule has 1 aliphatic heterocycles. The number of carbonyl (C=O) groups excluding carboxylic acids is 2. The van der Waals surface area contributed by atoms with Gasteiger partial charge >= 0.3 is 0 Å². The monoisotopic (exact) mass is 492 g/mol. The van der Waals surface area contributed by atoms with E-state index in [2.05, 4.69) is 29.5 Å². The number of pyridine rings is 1. The molecule has 1 aromatic heterocycles. The number of nitrogens with one attached hydrogen (secondary N) is 2. The Balaban J connectivity index is 1.95. The van der Waals surface area contributed by atoms with Gasteiger partial charge in [0.15, 0.2) is 11.0 Å². The fraction of sp³-hybridized carbons (Fsp3) is 0.458. The van der Waals surface area contributed by atoms with Crippen LogP contribution in [-0.2, 0) is 9.59 Å². The van der Waals surface area contributed by atoms with E-state index in [0.29, 0.717) is 17.1 Å². The zero-order valence-corrected chi connectivity index (χ0v) is 20.0. The molecule has 3 atom stereocenters. The molecule has 2 heterocycles. The lowest BCUT2D eigenvalue weighted by Crippen LogP contribution is -2.52. The lowest BCUT2D eigenvalue weighted by Gasteiger charge is -2.46. The van der Waals surface area contributed by atoms with Crippen molar-refractivity contribution in [1.82, 2.24) is 10.3 Å². The molecule has 1 spiro atoms. The van der Waals surface area contributed by atoms with Crippen LogP contribution in [0.4, 0.5) is 10.1 Å². The highest BCUT2D eigenvalue weighted by molar-refractivity contribution is 6.31. The second kappa shape index (κ2) is 8.85. The average molecular weight is 493 g/mol. The van der Waals surface area contributed by atoms with E-state index in [9.17, 15) is 9.59 Å². The molecule has 1 saturated heterocycles. The number of nitrogens with zero attached hydrogens (tertiary/aromatic N) is 1. The van der Waals surface area contributed by atoms with E-state index in [0.717, 1.165) is 31.2 Å². The second-order valence-electron chi connectivity index (χ2n) is 9.85. The van der Waals surface area contributed by atoms with Crippen LogP contribution in [0, 0.1) is 11.2 Å². The zero-order chi connectivity index (χ0) is 24.0. The van der Waals surface area contributed by atoms with Crippen LogP contribution >= 0.6 is 23.2 Å². The maximum absolute atomic E-state index is 15.3. The molecule has 9 heteroatoms. The number of benzene rings is 1. The number of hydrogen-bond donors (Lipinski definition) is 3. The molecule has 2 aromatic rings. The first-order valence-corrected chi connectivity index (χ1v) is 11.7. The van der Waals surface area contributed by atoms with Gasteiger partial charge in [-0.2, -0.15) is 0 Å². The van der Waals surface area contributed by atoms with Crippen LogP contribution in [0.25, 0.3) is 0 Å². The highest BCUT2D eigenvalue weighted by atomic mass is 35.5. The van der Waals surface area contributed by atoms with Crippen molar-refractivity contribution < 1.29 is 14.0 Å². The lowest BCUT2D eigenvalue weighted by atomic mass is 9.61. The molecule has 176 valence electrons. The topological polar surface area (TPSA) is 97.1 Å². The Bertz CT molecular complexity index is 1080. The molecule has 2 unspecified atom stereocenters.